The molecule has 31 heavy (non-hydrogen) atoms. The molecule has 1 aliphatic heterocycles. The Bertz CT molecular complexity index is 887. The number of methoxy groups -OCH3 is 1. The zero-order valence-corrected chi connectivity index (χ0v) is 21.4. The fourth-order valence-electron chi connectivity index (χ4n) is 3.31. The van der Waals surface area contributed by atoms with Crippen molar-refractivity contribution in [3.63, 3.8) is 0 Å². The van der Waals surface area contributed by atoms with E-state index >= 15 is 0 Å². The number of aliphatic imine (C=N–C) groups is 1. The highest BCUT2D eigenvalue weighted by Crippen LogP contribution is 2.24. The van der Waals surface area contributed by atoms with Gasteiger partial charge in [0.05, 0.1) is 13.2 Å². The first-order valence-corrected chi connectivity index (χ1v) is 11.0. The fourth-order valence-corrected chi connectivity index (χ4v) is 4.20. The van der Waals surface area contributed by atoms with E-state index in [4.69, 9.17) is 9.47 Å². The molecule has 0 aliphatic carbocycles. The Kier molecular flexibility index (Phi) is 10.6. The molecule has 1 aromatic heterocycles. The summed E-state index contributed by atoms with van der Waals surface area (Å²) in [4.78, 5) is 20.1. The van der Waals surface area contributed by atoms with Gasteiger partial charge in [0.2, 0.25) is 5.91 Å². The number of hydrogen-bond donors (Lipinski definition) is 2. The summed E-state index contributed by atoms with van der Waals surface area (Å²) in [5.41, 5.74) is 3.42. The third-order valence-corrected chi connectivity index (χ3v) is 6.03. The molecule has 2 N–H and O–H groups in total. The second kappa shape index (κ2) is 12.9. The maximum atomic E-state index is 12.6. The van der Waals surface area contributed by atoms with Crippen molar-refractivity contribution < 1.29 is 14.3 Å². The molecule has 0 radical (unpaired) electrons. The van der Waals surface area contributed by atoms with Crippen LogP contribution in [0.2, 0.25) is 0 Å². The molecule has 0 atom stereocenters. The van der Waals surface area contributed by atoms with Crippen LogP contribution in [0.1, 0.15) is 21.6 Å². The third kappa shape index (κ3) is 7.36. The molecule has 7 nitrogen and oxygen atoms in total. The Balaban J connectivity index is 0.00000341. The Labute approximate surface area is 205 Å². The Hall–Kier alpha value is -1.85. The van der Waals surface area contributed by atoms with Gasteiger partial charge in [-0.05, 0) is 42.0 Å². The highest BCUT2D eigenvalue weighted by Gasteiger charge is 2.21. The molecular formula is C22H31IN4O3S. The molecule has 1 amide bonds. The van der Waals surface area contributed by atoms with Gasteiger partial charge >= 0.3 is 0 Å². The minimum absolute atomic E-state index is 0. The summed E-state index contributed by atoms with van der Waals surface area (Å²) in [6, 6.07) is 8.21. The number of halogens is 1. The van der Waals surface area contributed by atoms with Gasteiger partial charge in [-0.25, -0.2) is 0 Å². The topological polar surface area (TPSA) is 75.2 Å². The first kappa shape index (κ1) is 25.4. The molecule has 0 saturated heterocycles. The molecule has 170 valence electrons. The lowest BCUT2D eigenvalue weighted by molar-refractivity contribution is -0.130. The van der Waals surface area contributed by atoms with Crippen LogP contribution < -0.4 is 15.4 Å². The van der Waals surface area contributed by atoms with Gasteiger partial charge in [-0.2, -0.15) is 0 Å². The summed E-state index contributed by atoms with van der Waals surface area (Å²) in [7, 11) is 3.35. The molecule has 0 saturated carbocycles. The number of carbonyl (C=O) groups excluding carboxylic acids is 1. The molecule has 0 unspecified atom stereocenters. The van der Waals surface area contributed by atoms with Gasteiger partial charge in [0.25, 0.3) is 0 Å². The van der Waals surface area contributed by atoms with E-state index in [1.807, 2.05) is 24.0 Å². The van der Waals surface area contributed by atoms with Crippen LogP contribution in [0.5, 0.6) is 5.75 Å². The maximum absolute atomic E-state index is 12.6. The van der Waals surface area contributed by atoms with Gasteiger partial charge in [0.1, 0.15) is 12.4 Å². The molecule has 3 rings (SSSR count). The minimum atomic E-state index is 0. The monoisotopic (exact) mass is 558 g/mol. The molecular weight excluding hydrogens is 527 g/mol. The van der Waals surface area contributed by atoms with Crippen LogP contribution in [-0.2, 0) is 29.0 Å². The van der Waals surface area contributed by atoms with E-state index in [1.54, 1.807) is 25.5 Å². The number of hydrogen-bond acceptors (Lipinski definition) is 5. The molecule has 0 fully saturated rings. The van der Waals surface area contributed by atoms with Gasteiger partial charge in [-0.1, -0.05) is 12.1 Å². The molecule has 0 bridgehead atoms. The molecule has 1 aromatic carbocycles. The predicted octanol–water partition coefficient (Wildman–Crippen LogP) is 2.95. The van der Waals surface area contributed by atoms with Gasteiger partial charge in [0, 0.05) is 44.2 Å². The van der Waals surface area contributed by atoms with Crippen molar-refractivity contribution in [3.8, 4) is 5.75 Å². The molecule has 2 heterocycles. The number of benzene rings is 1. The zero-order chi connectivity index (χ0) is 21.3. The number of nitrogens with one attached hydrogen (secondary N) is 2. The number of fused-ring (bicyclic) bond motifs is 1. The number of ether oxygens (including phenoxy) is 2. The third-order valence-electron chi connectivity index (χ3n) is 5.01. The fraction of sp³-hybridized carbons (Fsp3) is 0.455. The van der Waals surface area contributed by atoms with Crippen LogP contribution in [0.25, 0.3) is 0 Å². The Morgan fingerprint density at radius 3 is 2.87 bits per heavy atom. The second-order valence-electron chi connectivity index (χ2n) is 7.17. The Morgan fingerprint density at radius 2 is 2.10 bits per heavy atom. The lowest BCUT2D eigenvalue weighted by Gasteiger charge is -2.27. The van der Waals surface area contributed by atoms with E-state index in [0.717, 1.165) is 29.8 Å². The summed E-state index contributed by atoms with van der Waals surface area (Å²) in [5.74, 6) is 1.49. The molecule has 0 spiro atoms. The van der Waals surface area contributed by atoms with Crippen molar-refractivity contribution in [2.75, 3.05) is 40.5 Å². The summed E-state index contributed by atoms with van der Waals surface area (Å²) in [6.45, 7) is 5.28. The number of thiophene rings is 1. The summed E-state index contributed by atoms with van der Waals surface area (Å²) < 4.78 is 10.9. The van der Waals surface area contributed by atoms with Gasteiger partial charge in [-0.15, -0.1) is 35.3 Å². The smallest absolute Gasteiger partial charge is 0.242 e. The second-order valence-corrected chi connectivity index (χ2v) is 8.17. The van der Waals surface area contributed by atoms with Crippen LogP contribution in [0, 0.1) is 6.92 Å². The van der Waals surface area contributed by atoms with Crippen molar-refractivity contribution in [2.45, 2.75) is 26.4 Å². The molecule has 9 heteroatoms. The van der Waals surface area contributed by atoms with Crippen molar-refractivity contribution in [1.29, 1.82) is 0 Å². The average Bonchev–Trinajstić information content (AvgIpc) is 3.23. The van der Waals surface area contributed by atoms with Crippen LogP contribution in [0.15, 0.2) is 34.6 Å². The van der Waals surface area contributed by atoms with Crippen molar-refractivity contribution in [1.82, 2.24) is 15.5 Å². The van der Waals surface area contributed by atoms with E-state index in [1.165, 1.54) is 10.4 Å². The lowest BCUT2D eigenvalue weighted by Crippen LogP contribution is -2.45. The predicted molar refractivity (Wildman–Crippen MR) is 136 cm³/mol. The number of rotatable bonds is 8. The van der Waals surface area contributed by atoms with E-state index in [-0.39, 0.29) is 36.4 Å². The minimum Gasteiger partial charge on any atom is -0.491 e. The molecule has 2 aromatic rings. The quantitative estimate of drug-likeness (QED) is 0.226. The van der Waals surface area contributed by atoms with Gasteiger partial charge in [-0.3, -0.25) is 9.79 Å². The first-order valence-electron chi connectivity index (χ1n) is 10.1. The SMILES string of the molecule is CN=C(NCC(=O)N1CCc2sccc2C1)NCc1ccc(C)cc1OCCOC.I. The highest BCUT2D eigenvalue weighted by atomic mass is 127. The first-order chi connectivity index (χ1) is 14.6. The maximum Gasteiger partial charge on any atom is 0.242 e. The summed E-state index contributed by atoms with van der Waals surface area (Å²) >= 11 is 1.77. The lowest BCUT2D eigenvalue weighted by atomic mass is 10.1. The van der Waals surface area contributed by atoms with Crippen LogP contribution in [-0.4, -0.2) is 57.2 Å². The van der Waals surface area contributed by atoms with Crippen molar-refractivity contribution >= 4 is 47.2 Å². The van der Waals surface area contributed by atoms with Crippen molar-refractivity contribution in [3.05, 3.63) is 51.2 Å². The van der Waals surface area contributed by atoms with E-state index in [0.29, 0.717) is 32.3 Å². The van der Waals surface area contributed by atoms with E-state index in [2.05, 4.69) is 33.1 Å². The normalized spacial score (nSPS) is 13.3. The number of aryl methyl sites for hydroxylation is 1. The highest BCUT2D eigenvalue weighted by molar-refractivity contribution is 14.0. The average molecular weight is 558 g/mol. The number of carbonyl (C=O) groups is 1. The van der Waals surface area contributed by atoms with E-state index < -0.39 is 0 Å². The molecule has 1 aliphatic rings. The van der Waals surface area contributed by atoms with Crippen LogP contribution >= 0.6 is 35.3 Å². The van der Waals surface area contributed by atoms with Gasteiger partial charge in [0.15, 0.2) is 5.96 Å². The van der Waals surface area contributed by atoms with Crippen molar-refractivity contribution in [2.24, 2.45) is 4.99 Å². The largest absolute Gasteiger partial charge is 0.491 e. The van der Waals surface area contributed by atoms with Crippen LogP contribution in [0.3, 0.4) is 0 Å². The number of nitrogens with zero attached hydrogens (tertiary/aromatic N) is 2. The van der Waals surface area contributed by atoms with Gasteiger partial charge < -0.3 is 25.0 Å². The summed E-state index contributed by atoms with van der Waals surface area (Å²) in [5, 5.41) is 8.49. The number of guanidine groups is 1. The van der Waals surface area contributed by atoms with Crippen LogP contribution in [0.4, 0.5) is 0 Å². The van der Waals surface area contributed by atoms with E-state index in [9.17, 15) is 4.79 Å². The summed E-state index contributed by atoms with van der Waals surface area (Å²) in [6.07, 6.45) is 0.936. The number of amides is 1. The standard InChI is InChI=1S/C22H30N4O3S.HI/c1-16-4-5-17(19(12-16)29-10-9-28-3)13-24-22(23-2)25-14-21(27)26-8-6-20-18(15-26)7-11-30-20;/h4-5,7,11-12H,6,8-10,13-15H2,1-3H3,(H2,23,24,25);1H. The Morgan fingerprint density at radius 1 is 1.26 bits per heavy atom. The zero-order valence-electron chi connectivity index (χ0n) is 18.3.